The number of hydrogen-bond acceptors (Lipinski definition) is 0. The van der Waals surface area contributed by atoms with Gasteiger partial charge in [-0.1, -0.05) is 129 Å². The molecule has 0 nitrogen and oxygen atoms in total. The van der Waals surface area contributed by atoms with Crippen LogP contribution in [-0.4, -0.2) is 6.88 Å². The van der Waals surface area contributed by atoms with E-state index in [0.29, 0.717) is 5.92 Å². The van der Waals surface area contributed by atoms with Gasteiger partial charge in [0.05, 0.1) is 0 Å². The van der Waals surface area contributed by atoms with Gasteiger partial charge in [-0.15, -0.1) is 87.3 Å². The molecule has 0 spiro atoms. The Bertz CT molecular complexity index is 2030. The van der Waals surface area contributed by atoms with Crippen LogP contribution in [0.4, 0.5) is 0 Å². The summed E-state index contributed by atoms with van der Waals surface area (Å²) in [5, 5.41) is 8.14. The van der Waals surface area contributed by atoms with Crippen molar-refractivity contribution in [3.63, 3.8) is 0 Å². The summed E-state index contributed by atoms with van der Waals surface area (Å²) in [6, 6.07) is 41.8. The SMILES string of the molecule is CC(C)c1cc2c(-c3ccccc3)cccc2[cH-]1.Cc1cc2c(-c3cccc4ccccc34)c(C)c(C)c(C)c2[cH-]1.Cl.Cl.[CH3-].[CH3-].[Si]=[Zr]. The molecule has 7 aromatic carbocycles. The fourth-order valence-corrected chi connectivity index (χ4v) is 6.29. The van der Waals surface area contributed by atoms with Crippen molar-refractivity contribution in [3.8, 4) is 22.3 Å². The fourth-order valence-electron chi connectivity index (χ4n) is 6.29. The van der Waals surface area contributed by atoms with E-state index in [1.54, 1.807) is 0 Å². The third-order valence-electron chi connectivity index (χ3n) is 8.79. The van der Waals surface area contributed by atoms with E-state index >= 15 is 0 Å². The second-order valence-corrected chi connectivity index (χ2v) is 11.8. The van der Waals surface area contributed by atoms with Gasteiger partial charge in [0.2, 0.25) is 0 Å². The molecular weight excluding hydrogens is 707 g/mol. The predicted octanol–water partition coefficient (Wildman–Crippen LogP) is 13.3. The molecule has 0 aliphatic carbocycles. The summed E-state index contributed by atoms with van der Waals surface area (Å²) >= 11 is 1.36. The molecule has 4 heteroatoms. The van der Waals surface area contributed by atoms with Gasteiger partial charge in [0.25, 0.3) is 0 Å². The van der Waals surface area contributed by atoms with Crippen molar-refractivity contribution in [1.29, 1.82) is 0 Å². The Morgan fingerprint density at radius 1 is 0.574 bits per heavy atom. The van der Waals surface area contributed by atoms with Crippen LogP contribution in [0.2, 0.25) is 0 Å². The van der Waals surface area contributed by atoms with Gasteiger partial charge in [-0.3, -0.25) is 0 Å². The number of fused-ring (bicyclic) bond motifs is 3. The first-order chi connectivity index (χ1) is 20.8. The molecule has 0 amide bonds. The van der Waals surface area contributed by atoms with Crippen LogP contribution in [0.1, 0.15) is 47.6 Å². The molecule has 0 heterocycles. The molecule has 0 saturated heterocycles. The fraction of sp³-hybridized carbons (Fsp3) is 0.163. The molecule has 0 aliphatic rings. The zero-order chi connectivity index (χ0) is 30.7. The van der Waals surface area contributed by atoms with Crippen LogP contribution in [0.15, 0.2) is 115 Å². The molecule has 0 fully saturated rings. The average Bonchev–Trinajstić information content (AvgIpc) is 3.66. The Morgan fingerprint density at radius 3 is 1.85 bits per heavy atom. The van der Waals surface area contributed by atoms with E-state index in [4.69, 9.17) is 0 Å². The zero-order valence-corrected chi connectivity index (χ0v) is 34.0. The van der Waals surface area contributed by atoms with Gasteiger partial charge in [-0.25, -0.2) is 0 Å². The third kappa shape index (κ3) is 8.65. The summed E-state index contributed by atoms with van der Waals surface area (Å²) in [6.07, 6.45) is 0. The molecule has 0 N–H and O–H groups in total. The second kappa shape index (κ2) is 18.7. The van der Waals surface area contributed by atoms with Crippen LogP contribution in [0, 0.1) is 42.5 Å². The van der Waals surface area contributed by atoms with Crippen LogP contribution < -0.4 is 0 Å². The van der Waals surface area contributed by atoms with Crippen LogP contribution in [0.25, 0.3) is 54.6 Å². The van der Waals surface area contributed by atoms with E-state index in [1.807, 2.05) is 0 Å². The van der Waals surface area contributed by atoms with Gasteiger partial charge in [0.15, 0.2) is 0 Å². The first-order valence-corrected chi connectivity index (χ1v) is 19.2. The molecule has 244 valence electrons. The van der Waals surface area contributed by atoms with Crippen molar-refractivity contribution in [2.45, 2.75) is 47.5 Å². The normalized spacial score (nSPS) is 10.0. The summed E-state index contributed by atoms with van der Waals surface area (Å²) in [5.74, 6) is 0.584. The number of benzene rings is 5. The molecule has 0 aliphatic heterocycles. The van der Waals surface area contributed by atoms with Gasteiger partial charge in [0, 0.05) is 0 Å². The molecular formula is C43H46Cl2SiZr-4. The quantitative estimate of drug-likeness (QED) is 0.125. The molecule has 0 atom stereocenters. The van der Waals surface area contributed by atoms with Crippen molar-refractivity contribution in [2.75, 3.05) is 0 Å². The molecule has 47 heavy (non-hydrogen) atoms. The van der Waals surface area contributed by atoms with Crippen LogP contribution in [-0.2, 0) is 23.3 Å². The van der Waals surface area contributed by atoms with Crippen LogP contribution >= 0.6 is 24.8 Å². The number of halogens is 2. The van der Waals surface area contributed by atoms with E-state index in [2.05, 4.69) is 164 Å². The summed E-state index contributed by atoms with van der Waals surface area (Å²) < 4.78 is 0. The van der Waals surface area contributed by atoms with E-state index in [0.717, 1.165) is 0 Å². The van der Waals surface area contributed by atoms with Gasteiger partial charge in [0.1, 0.15) is 0 Å². The molecule has 2 radical (unpaired) electrons. The van der Waals surface area contributed by atoms with Crippen molar-refractivity contribution >= 4 is 64.0 Å². The third-order valence-corrected chi connectivity index (χ3v) is 8.79. The van der Waals surface area contributed by atoms with E-state index in [-0.39, 0.29) is 39.7 Å². The summed E-state index contributed by atoms with van der Waals surface area (Å²) in [4.78, 5) is 0. The summed E-state index contributed by atoms with van der Waals surface area (Å²) in [7, 11) is 0. The number of rotatable bonds is 3. The Labute approximate surface area is 312 Å². The van der Waals surface area contributed by atoms with Crippen LogP contribution in [0.5, 0.6) is 0 Å². The molecule has 0 aromatic heterocycles. The van der Waals surface area contributed by atoms with Gasteiger partial charge in [-0.05, 0) is 41.7 Å². The van der Waals surface area contributed by atoms with Gasteiger partial charge >= 0.3 is 30.2 Å². The Morgan fingerprint density at radius 2 is 1.17 bits per heavy atom. The number of hydrogen-bond donors (Lipinski definition) is 0. The molecule has 0 bridgehead atoms. The Hall–Kier alpha value is -2.74. The van der Waals surface area contributed by atoms with Crippen molar-refractivity contribution in [2.24, 2.45) is 0 Å². The molecule has 0 unspecified atom stereocenters. The minimum absolute atomic E-state index is 0. The molecule has 0 saturated carbocycles. The second-order valence-electron chi connectivity index (χ2n) is 11.8. The predicted molar refractivity (Wildman–Crippen MR) is 214 cm³/mol. The molecule has 7 rings (SSSR count). The van der Waals surface area contributed by atoms with Crippen molar-refractivity contribution in [1.82, 2.24) is 0 Å². The zero-order valence-electron chi connectivity index (χ0n) is 28.9. The maximum atomic E-state index is 3.06. The minimum atomic E-state index is 0. The first kappa shape index (κ1) is 42.3. The monoisotopic (exact) mass is 750 g/mol. The van der Waals surface area contributed by atoms with Crippen LogP contribution in [0.3, 0.4) is 0 Å². The van der Waals surface area contributed by atoms with Crippen molar-refractivity contribution in [3.05, 3.63) is 158 Å². The Balaban J connectivity index is 0.000000422. The summed E-state index contributed by atoms with van der Waals surface area (Å²) in [5.41, 5.74) is 12.4. The average molecular weight is 753 g/mol. The van der Waals surface area contributed by atoms with Gasteiger partial charge in [-0.2, -0.15) is 12.1 Å². The maximum absolute atomic E-state index is 3.06. The van der Waals surface area contributed by atoms with E-state index < -0.39 is 0 Å². The topological polar surface area (TPSA) is 0 Å². The standard InChI is InChI=1S/C23H21.C18H17.2CH3.2ClH.Si.Zr/c1-14-12-21-16(3)15(2)17(4)23(22(21)13-14)20-11-7-9-18-8-5-6-10-19(18)20;1-13(2)16-11-15-9-6-10-17(18(15)12-16)14-7-4-3-5-8-14;;;;;;/h5-13H,1-4H3;3-13H,1-2H3;2*1H3;2*1H;;/q4*-1;;;;. The molecule has 7 aromatic rings. The van der Waals surface area contributed by atoms with E-state index in [1.165, 1.54) is 106 Å². The first-order valence-electron chi connectivity index (χ1n) is 15.0. The van der Waals surface area contributed by atoms with Crippen molar-refractivity contribution < 1.29 is 23.3 Å². The Kier molecular flexibility index (Phi) is 16.8. The van der Waals surface area contributed by atoms with Gasteiger partial charge < -0.3 is 14.9 Å². The summed E-state index contributed by atoms with van der Waals surface area (Å²) in [6.45, 7) is 16.5. The van der Waals surface area contributed by atoms with E-state index in [9.17, 15) is 0 Å². The number of aryl methyl sites for hydroxylation is 2.